The van der Waals surface area contributed by atoms with Gasteiger partial charge in [-0.2, -0.15) is 0 Å². The second kappa shape index (κ2) is 5.53. The number of aliphatic hydroxyl groups is 3. The van der Waals surface area contributed by atoms with Crippen LogP contribution in [0.5, 0.6) is 0 Å². The van der Waals surface area contributed by atoms with E-state index < -0.39 is 30.5 Å². The Labute approximate surface area is 80.1 Å². The number of aliphatic hydroxyl groups excluding tert-OH is 3. The molecule has 0 aromatic heterocycles. The maximum atomic E-state index is 10.3. The molecule has 7 nitrogen and oxygen atoms in total. The van der Waals surface area contributed by atoms with Gasteiger partial charge in [-0.3, -0.25) is 0 Å². The smallest absolute Gasteiger partial charge is 0.404 e. The molecule has 0 radical (unpaired) electrons. The van der Waals surface area contributed by atoms with Crippen molar-refractivity contribution in [3.8, 4) is 0 Å². The molecular formula is C7H13NO6. The van der Waals surface area contributed by atoms with Crippen molar-refractivity contribution in [1.82, 2.24) is 0 Å². The fraction of sp³-hybridized carbons (Fsp3) is 0.714. The zero-order valence-corrected chi connectivity index (χ0v) is 7.53. The van der Waals surface area contributed by atoms with E-state index in [1.54, 1.807) is 0 Å². The van der Waals surface area contributed by atoms with Gasteiger partial charge in [-0.15, -0.1) is 0 Å². The number of primary amides is 1. The number of hydrogen-bond acceptors (Lipinski definition) is 6. The van der Waals surface area contributed by atoms with E-state index in [-0.39, 0.29) is 6.29 Å². The summed E-state index contributed by atoms with van der Waals surface area (Å²) in [7, 11) is 0. The number of aldehydes is 1. The topological polar surface area (TPSA) is 130 Å². The van der Waals surface area contributed by atoms with E-state index in [1.807, 2.05) is 0 Å². The zero-order chi connectivity index (χ0) is 11.3. The lowest BCUT2D eigenvalue weighted by atomic mass is 10.1. The van der Waals surface area contributed by atoms with Crippen LogP contribution in [0.1, 0.15) is 6.92 Å². The van der Waals surface area contributed by atoms with E-state index in [4.69, 9.17) is 10.2 Å². The van der Waals surface area contributed by atoms with E-state index >= 15 is 0 Å². The molecule has 0 unspecified atom stereocenters. The van der Waals surface area contributed by atoms with E-state index in [1.165, 1.54) is 6.92 Å². The highest BCUT2D eigenvalue weighted by atomic mass is 16.6. The van der Waals surface area contributed by atoms with Crippen molar-refractivity contribution in [2.45, 2.75) is 31.3 Å². The summed E-state index contributed by atoms with van der Waals surface area (Å²) in [6.45, 7) is 1.26. The number of amides is 1. The summed E-state index contributed by atoms with van der Waals surface area (Å²) in [5, 5.41) is 27.2. The van der Waals surface area contributed by atoms with E-state index in [9.17, 15) is 14.7 Å². The molecule has 0 rings (SSSR count). The van der Waals surface area contributed by atoms with Crippen LogP contribution in [0.4, 0.5) is 4.79 Å². The van der Waals surface area contributed by atoms with Crippen LogP contribution in [0.3, 0.4) is 0 Å². The lowest BCUT2D eigenvalue weighted by Crippen LogP contribution is -2.46. The summed E-state index contributed by atoms with van der Waals surface area (Å²) < 4.78 is 4.33. The van der Waals surface area contributed by atoms with Crippen LogP contribution >= 0.6 is 0 Å². The van der Waals surface area contributed by atoms with Gasteiger partial charge in [0.2, 0.25) is 0 Å². The maximum Gasteiger partial charge on any atom is 0.404 e. The second-order valence-electron chi connectivity index (χ2n) is 2.75. The molecule has 0 aliphatic rings. The molecule has 0 aliphatic heterocycles. The second-order valence-corrected chi connectivity index (χ2v) is 2.75. The fourth-order valence-corrected chi connectivity index (χ4v) is 0.813. The SMILES string of the molecule is C[C@H](OC(N)=O)[C@H](O)[C@@H](O)[C@@H](O)C=O. The largest absolute Gasteiger partial charge is 0.444 e. The Morgan fingerprint density at radius 3 is 2.21 bits per heavy atom. The van der Waals surface area contributed by atoms with Gasteiger partial charge in [0, 0.05) is 0 Å². The van der Waals surface area contributed by atoms with Gasteiger partial charge in [0.15, 0.2) is 6.29 Å². The van der Waals surface area contributed by atoms with Gasteiger partial charge in [-0.05, 0) is 6.92 Å². The van der Waals surface area contributed by atoms with Gasteiger partial charge in [0.05, 0.1) is 0 Å². The number of ether oxygens (including phenoxy) is 1. The highest BCUT2D eigenvalue weighted by molar-refractivity contribution is 5.64. The summed E-state index contributed by atoms with van der Waals surface area (Å²) in [5.41, 5.74) is 4.65. The number of carbonyl (C=O) groups is 2. The molecule has 7 heteroatoms. The molecule has 1 amide bonds. The Bertz CT molecular complexity index is 208. The summed E-state index contributed by atoms with van der Waals surface area (Å²) in [6.07, 6.45) is -7.21. The molecule has 0 aromatic rings. The Hall–Kier alpha value is -1.18. The third kappa shape index (κ3) is 3.69. The molecule has 0 fully saturated rings. The summed E-state index contributed by atoms with van der Waals surface area (Å²) >= 11 is 0. The van der Waals surface area contributed by atoms with Crippen LogP contribution in [-0.4, -0.2) is 52.1 Å². The highest BCUT2D eigenvalue weighted by Gasteiger charge is 2.30. The van der Waals surface area contributed by atoms with E-state index in [2.05, 4.69) is 10.5 Å². The van der Waals surface area contributed by atoms with Gasteiger partial charge in [0.25, 0.3) is 0 Å². The maximum absolute atomic E-state index is 10.3. The van der Waals surface area contributed by atoms with Crippen LogP contribution in [0, 0.1) is 0 Å². The standard InChI is InChI=1S/C7H13NO6/c1-3(14-7(8)13)5(11)6(12)4(10)2-9/h2-6,10-12H,1H3,(H2,8,13)/t3-,4-,5-,6-/m0/s1. The van der Waals surface area contributed by atoms with Gasteiger partial charge in [-0.1, -0.05) is 0 Å². The fourth-order valence-electron chi connectivity index (χ4n) is 0.813. The Morgan fingerprint density at radius 1 is 1.36 bits per heavy atom. The minimum absolute atomic E-state index is 0.0604. The quantitative estimate of drug-likeness (QED) is 0.377. The van der Waals surface area contributed by atoms with Crippen molar-refractivity contribution in [1.29, 1.82) is 0 Å². The lowest BCUT2D eigenvalue weighted by Gasteiger charge is -2.24. The minimum atomic E-state index is -1.73. The number of rotatable bonds is 5. The molecule has 0 aromatic carbocycles. The molecule has 0 saturated heterocycles. The van der Waals surface area contributed by atoms with Crippen LogP contribution < -0.4 is 5.73 Å². The predicted octanol–water partition coefficient (Wildman–Crippen LogP) is -2.25. The third-order valence-corrected chi connectivity index (χ3v) is 1.62. The van der Waals surface area contributed by atoms with Gasteiger partial charge in [-0.25, -0.2) is 4.79 Å². The average Bonchev–Trinajstić information content (AvgIpc) is 2.13. The summed E-state index contributed by atoms with van der Waals surface area (Å²) in [6, 6.07) is 0. The minimum Gasteiger partial charge on any atom is -0.444 e. The van der Waals surface area contributed by atoms with Gasteiger partial charge in [0.1, 0.15) is 24.4 Å². The van der Waals surface area contributed by atoms with Crippen molar-refractivity contribution < 1.29 is 29.6 Å². The molecule has 0 heterocycles. The first-order valence-electron chi connectivity index (χ1n) is 3.85. The number of nitrogens with two attached hydrogens (primary N) is 1. The average molecular weight is 207 g/mol. The normalized spacial score (nSPS) is 19.1. The molecule has 0 bridgehead atoms. The number of carbonyl (C=O) groups excluding carboxylic acids is 2. The molecule has 82 valence electrons. The van der Waals surface area contributed by atoms with Crippen LogP contribution in [0.15, 0.2) is 0 Å². The molecular weight excluding hydrogens is 194 g/mol. The molecule has 4 atom stereocenters. The molecule has 5 N–H and O–H groups in total. The monoisotopic (exact) mass is 207 g/mol. The first kappa shape index (κ1) is 12.8. The summed E-state index contributed by atoms with van der Waals surface area (Å²) in [4.78, 5) is 20.3. The van der Waals surface area contributed by atoms with E-state index in [0.29, 0.717) is 0 Å². The van der Waals surface area contributed by atoms with E-state index in [0.717, 1.165) is 0 Å². The molecule has 14 heavy (non-hydrogen) atoms. The molecule has 0 saturated carbocycles. The van der Waals surface area contributed by atoms with Crippen molar-refractivity contribution in [3.05, 3.63) is 0 Å². The van der Waals surface area contributed by atoms with Crippen LogP contribution in [-0.2, 0) is 9.53 Å². The molecule has 0 spiro atoms. The van der Waals surface area contributed by atoms with Crippen molar-refractivity contribution in [2.24, 2.45) is 5.73 Å². The lowest BCUT2D eigenvalue weighted by molar-refractivity contribution is -0.132. The molecule has 0 aliphatic carbocycles. The van der Waals surface area contributed by atoms with Crippen LogP contribution in [0.2, 0.25) is 0 Å². The predicted molar refractivity (Wildman–Crippen MR) is 44.2 cm³/mol. The zero-order valence-electron chi connectivity index (χ0n) is 7.53. The Morgan fingerprint density at radius 2 is 1.86 bits per heavy atom. The van der Waals surface area contributed by atoms with Crippen molar-refractivity contribution >= 4 is 12.4 Å². The Balaban J connectivity index is 4.22. The first-order valence-corrected chi connectivity index (χ1v) is 3.85. The van der Waals surface area contributed by atoms with Crippen molar-refractivity contribution in [3.63, 3.8) is 0 Å². The summed E-state index contributed by atoms with van der Waals surface area (Å²) in [5.74, 6) is 0. The highest BCUT2D eigenvalue weighted by Crippen LogP contribution is 2.06. The van der Waals surface area contributed by atoms with Crippen molar-refractivity contribution in [2.75, 3.05) is 0 Å². The van der Waals surface area contributed by atoms with Crippen LogP contribution in [0.25, 0.3) is 0 Å². The number of hydrogen-bond donors (Lipinski definition) is 4. The Kier molecular flexibility index (Phi) is 5.06. The van der Waals surface area contributed by atoms with Gasteiger partial charge < -0.3 is 30.6 Å². The van der Waals surface area contributed by atoms with Gasteiger partial charge >= 0.3 is 6.09 Å². The first-order chi connectivity index (χ1) is 6.40. The third-order valence-electron chi connectivity index (χ3n) is 1.62.